The number of aliphatic hydroxyl groups is 3. The Morgan fingerprint density at radius 2 is 1.65 bits per heavy atom. The zero-order chi connectivity index (χ0) is 38.6. The number of carboxylic acids is 2. The molecule has 5 N–H and O–H groups in total. The van der Waals surface area contributed by atoms with Crippen LogP contribution in [0.4, 0.5) is 0 Å². The first-order valence-corrected chi connectivity index (χ1v) is 17.2. The first-order valence-electron chi connectivity index (χ1n) is 17.2. The van der Waals surface area contributed by atoms with Gasteiger partial charge in [0.05, 0.1) is 57.6 Å². The monoisotopic (exact) mass is 735 g/mol. The summed E-state index contributed by atoms with van der Waals surface area (Å²) in [7, 11) is 2.77. The predicted octanol–water partition coefficient (Wildman–Crippen LogP) is -0.915. The number of hydrogen-bond donors (Lipinski definition) is 5. The number of carbonyl (C=O) groups is 5. The third kappa shape index (κ3) is 8.85. The van der Waals surface area contributed by atoms with Gasteiger partial charge < -0.3 is 58.9 Å². The molecule has 52 heavy (non-hydrogen) atoms. The molecular weight excluding hydrogens is 686 g/mol. The molecule has 0 saturated carbocycles. The van der Waals surface area contributed by atoms with Gasteiger partial charge in [-0.1, -0.05) is 0 Å². The number of aliphatic carboxylic acids is 2. The van der Waals surface area contributed by atoms with Crippen LogP contribution >= 0.6 is 0 Å². The smallest absolute Gasteiger partial charge is 0.339 e. The Hall–Kier alpha value is -4.25. The summed E-state index contributed by atoms with van der Waals surface area (Å²) in [6, 6.07) is 4.03. The molecule has 1 aromatic rings. The van der Waals surface area contributed by atoms with E-state index in [1.165, 1.54) is 12.0 Å². The number of fused-ring (bicyclic) bond motifs is 3. The maximum atomic E-state index is 13.8. The minimum absolute atomic E-state index is 0.0634. The van der Waals surface area contributed by atoms with Crippen molar-refractivity contribution in [2.45, 2.75) is 113 Å². The van der Waals surface area contributed by atoms with Crippen molar-refractivity contribution in [2.75, 3.05) is 34.1 Å². The van der Waals surface area contributed by atoms with E-state index in [-0.39, 0.29) is 24.7 Å². The third-order valence-corrected chi connectivity index (χ3v) is 10.2. The van der Waals surface area contributed by atoms with E-state index in [4.69, 9.17) is 33.9 Å². The molecule has 5 rings (SSSR count). The molecule has 3 aliphatic heterocycles. The van der Waals surface area contributed by atoms with Gasteiger partial charge in [0.15, 0.2) is 23.2 Å². The molecule has 1 spiro atoms. The van der Waals surface area contributed by atoms with Crippen LogP contribution in [0, 0.1) is 0 Å². The SMILES string of the molecule is CC(=O)CC(O)(CC(=O)O)C(=O)[O-].COC(=O)C[C@@](O)(CCCC(C)(C)O)C(=O)O[C@@H]1C(OC)=C[C@]23CCC[NH+]2CCc2cc4c(cc2[C@H]13)OCO4. The second kappa shape index (κ2) is 15.8. The van der Waals surface area contributed by atoms with Crippen LogP contribution in [0.3, 0.4) is 0 Å². The predicted molar refractivity (Wildman–Crippen MR) is 176 cm³/mol. The van der Waals surface area contributed by atoms with E-state index < -0.39 is 71.8 Å². The standard InChI is InChI=1S/C29H39NO9.C7H10O6/c1-27(2,33)8-5-10-29(34,16-23(31)36-4)26(32)39-25-22(35-3)15-28-9-6-11-30(28)12-7-18-13-20-21(38-17-37-20)14-19(18)24(25)28;1-4(8)2-7(13,6(11)12)3-5(9)10/h13-15,24-25,33-34H,5-12,16-17H2,1-4H3;13H,2-3H2,1H3,(H,9,10)(H,11,12)/t24-,25-,28+,29+;/m1./s1. The molecule has 1 aromatic carbocycles. The molecule has 0 aromatic heterocycles. The number of ether oxygens (including phenoxy) is 5. The largest absolute Gasteiger partial charge is 0.547 e. The number of hydrogen-bond acceptors (Lipinski definition) is 14. The first-order chi connectivity index (χ1) is 24.3. The molecule has 6 atom stereocenters. The fourth-order valence-electron chi connectivity index (χ4n) is 7.79. The Labute approximate surface area is 301 Å². The van der Waals surface area contributed by atoms with Crippen LogP contribution in [0.1, 0.15) is 89.2 Å². The van der Waals surface area contributed by atoms with Gasteiger partial charge in [0.2, 0.25) is 6.79 Å². The normalized spacial score (nSPS) is 24.9. The average Bonchev–Trinajstić information content (AvgIpc) is 3.73. The summed E-state index contributed by atoms with van der Waals surface area (Å²) < 4.78 is 28.1. The molecule has 0 radical (unpaired) electrons. The fraction of sp³-hybridized carbons (Fsp3) is 0.639. The Kier molecular flexibility index (Phi) is 12.3. The van der Waals surface area contributed by atoms with Crippen molar-refractivity contribution in [2.24, 2.45) is 0 Å². The van der Waals surface area contributed by atoms with Gasteiger partial charge in [-0.05, 0) is 63.3 Å². The summed E-state index contributed by atoms with van der Waals surface area (Å²) in [5.74, 6) is -4.05. The van der Waals surface area contributed by atoms with Gasteiger partial charge in [0.1, 0.15) is 22.7 Å². The molecule has 4 aliphatic rings. The zero-order valence-electron chi connectivity index (χ0n) is 30.2. The molecule has 1 saturated heterocycles. The summed E-state index contributed by atoms with van der Waals surface area (Å²) >= 11 is 0. The topological polar surface area (TPSA) is 240 Å². The Morgan fingerprint density at radius 3 is 2.23 bits per heavy atom. The number of Topliss-reactive ketones (excluding diaryl/α,β-unsaturated/α-hetero) is 1. The number of rotatable bonds is 14. The quantitative estimate of drug-likeness (QED) is 0.145. The molecule has 0 amide bonds. The second-order valence-electron chi connectivity index (χ2n) is 14.7. The summed E-state index contributed by atoms with van der Waals surface area (Å²) in [5, 5.41) is 49.4. The van der Waals surface area contributed by atoms with E-state index in [2.05, 4.69) is 6.08 Å². The number of esters is 2. The van der Waals surface area contributed by atoms with Crippen molar-refractivity contribution >= 4 is 29.7 Å². The highest BCUT2D eigenvalue weighted by Gasteiger charge is 2.62. The Bertz CT molecular complexity index is 1570. The zero-order valence-corrected chi connectivity index (χ0v) is 30.2. The molecule has 16 heteroatoms. The van der Waals surface area contributed by atoms with Crippen LogP contribution < -0.4 is 19.5 Å². The van der Waals surface area contributed by atoms with Crippen molar-refractivity contribution in [3.8, 4) is 11.5 Å². The van der Waals surface area contributed by atoms with Crippen molar-refractivity contribution in [3.63, 3.8) is 0 Å². The highest BCUT2D eigenvalue weighted by molar-refractivity contribution is 5.89. The van der Waals surface area contributed by atoms with E-state index in [0.717, 1.165) is 50.4 Å². The van der Waals surface area contributed by atoms with Crippen molar-refractivity contribution < 1.29 is 78.1 Å². The van der Waals surface area contributed by atoms with Crippen LogP contribution in [0.2, 0.25) is 0 Å². The lowest BCUT2D eigenvalue weighted by Crippen LogP contribution is -3.18. The lowest BCUT2D eigenvalue weighted by atomic mass is 9.77. The average molecular weight is 736 g/mol. The van der Waals surface area contributed by atoms with Crippen molar-refractivity contribution in [1.29, 1.82) is 0 Å². The van der Waals surface area contributed by atoms with E-state index >= 15 is 0 Å². The number of carboxylic acid groups (broad SMARTS) is 2. The minimum atomic E-state index is -2.60. The third-order valence-electron chi connectivity index (χ3n) is 10.2. The molecule has 3 heterocycles. The summed E-state index contributed by atoms with van der Waals surface area (Å²) in [6.07, 6.45) is 2.32. The van der Waals surface area contributed by atoms with Crippen LogP contribution in [0.25, 0.3) is 0 Å². The molecule has 16 nitrogen and oxygen atoms in total. The minimum Gasteiger partial charge on any atom is -0.547 e. The number of quaternary nitrogens is 1. The van der Waals surface area contributed by atoms with Gasteiger partial charge in [-0.15, -0.1) is 0 Å². The maximum absolute atomic E-state index is 13.8. The van der Waals surface area contributed by atoms with E-state index in [1.807, 2.05) is 12.1 Å². The second-order valence-corrected chi connectivity index (χ2v) is 14.7. The number of ketones is 1. The Morgan fingerprint density at radius 1 is 0.981 bits per heavy atom. The molecule has 1 aliphatic carbocycles. The molecular formula is C36H49NO15. The number of benzene rings is 1. The van der Waals surface area contributed by atoms with Gasteiger partial charge in [-0.3, -0.25) is 14.4 Å². The summed E-state index contributed by atoms with van der Waals surface area (Å²) in [6.45, 7) is 6.44. The van der Waals surface area contributed by atoms with E-state index in [0.29, 0.717) is 30.1 Å². The van der Waals surface area contributed by atoms with E-state index in [1.54, 1.807) is 21.0 Å². The van der Waals surface area contributed by atoms with E-state index in [9.17, 15) is 39.3 Å². The number of methoxy groups -OCH3 is 2. The number of carbonyl (C=O) groups excluding carboxylic acids is 4. The van der Waals surface area contributed by atoms with Gasteiger partial charge in [0.25, 0.3) is 0 Å². The van der Waals surface area contributed by atoms with Gasteiger partial charge in [-0.2, -0.15) is 0 Å². The maximum Gasteiger partial charge on any atom is 0.339 e. The van der Waals surface area contributed by atoms with Crippen molar-refractivity contribution in [3.05, 3.63) is 35.1 Å². The van der Waals surface area contributed by atoms with Crippen molar-refractivity contribution in [1.82, 2.24) is 0 Å². The molecule has 2 unspecified atom stereocenters. The lowest BCUT2D eigenvalue weighted by Gasteiger charge is -2.37. The number of nitrogens with one attached hydrogen (secondary N) is 1. The molecule has 288 valence electrons. The van der Waals surface area contributed by atoms with Crippen LogP contribution in [-0.2, 0) is 44.6 Å². The fourth-order valence-corrected chi connectivity index (χ4v) is 7.79. The summed E-state index contributed by atoms with van der Waals surface area (Å²) in [4.78, 5) is 58.4. The highest BCUT2D eigenvalue weighted by atomic mass is 16.7. The van der Waals surface area contributed by atoms with Gasteiger partial charge in [-0.25, -0.2) is 4.79 Å². The van der Waals surface area contributed by atoms with Crippen LogP contribution in [0.5, 0.6) is 11.5 Å². The van der Waals surface area contributed by atoms with Crippen LogP contribution in [-0.4, -0.2) is 113 Å². The molecule has 1 fully saturated rings. The van der Waals surface area contributed by atoms with Gasteiger partial charge >= 0.3 is 17.9 Å². The van der Waals surface area contributed by atoms with Gasteiger partial charge in [0, 0.05) is 31.8 Å². The highest BCUT2D eigenvalue weighted by Crippen LogP contribution is 2.50. The van der Waals surface area contributed by atoms with Crippen LogP contribution in [0.15, 0.2) is 24.0 Å². The lowest BCUT2D eigenvalue weighted by molar-refractivity contribution is -0.932. The summed E-state index contributed by atoms with van der Waals surface area (Å²) in [5.41, 5.74) is -3.89. The first kappa shape index (κ1) is 40.5. The Balaban J connectivity index is 0.000000398. The molecule has 0 bridgehead atoms.